The maximum atomic E-state index is 13.4. The third-order valence-electron chi connectivity index (χ3n) is 6.87. The van der Waals surface area contributed by atoms with Crippen molar-refractivity contribution in [3.8, 4) is 0 Å². The first kappa shape index (κ1) is 24.4. The van der Waals surface area contributed by atoms with E-state index in [0.717, 1.165) is 44.6 Å². The number of rotatable bonds is 9. The molecule has 11 nitrogen and oxygen atoms in total. The molecule has 0 bridgehead atoms. The number of ether oxygens (including phenoxy) is 1. The van der Waals surface area contributed by atoms with Gasteiger partial charge in [0.15, 0.2) is 0 Å². The topological polar surface area (TPSA) is 127 Å². The summed E-state index contributed by atoms with van der Waals surface area (Å²) >= 11 is 0. The monoisotopic (exact) mass is 474 g/mol. The van der Waals surface area contributed by atoms with E-state index in [9.17, 15) is 19.6 Å². The lowest BCUT2D eigenvalue weighted by Gasteiger charge is -2.30. The second-order valence-corrected chi connectivity index (χ2v) is 9.23. The Kier molecular flexibility index (Phi) is 8.30. The number of hydrazine groups is 1. The molecule has 0 unspecified atom stereocenters. The Balaban J connectivity index is 1.38. The molecule has 3 amide bonds. The standard InChI is InChI=1S/C23H34N6O5/c30-16-28(33)15-18(13-17-3-1-2-4-17)23(32)29-20(7-8-25-29)22(31)26-19-5-6-21(24-14-19)27-9-11-34-12-10-27/h5-6,14,16-18,20,25,33H,1-4,7-13,15H2,(H,26,31)/t18-,20+/m1/s1. The van der Waals surface area contributed by atoms with Crippen molar-refractivity contribution in [1.29, 1.82) is 0 Å². The van der Waals surface area contributed by atoms with E-state index >= 15 is 0 Å². The molecule has 2 aliphatic heterocycles. The summed E-state index contributed by atoms with van der Waals surface area (Å²) in [5.74, 6) is 0.0779. The van der Waals surface area contributed by atoms with Crippen molar-refractivity contribution in [1.82, 2.24) is 20.5 Å². The number of nitrogens with zero attached hydrogens (tertiary/aromatic N) is 4. The van der Waals surface area contributed by atoms with Gasteiger partial charge in [0.05, 0.1) is 37.6 Å². The highest BCUT2D eigenvalue weighted by Crippen LogP contribution is 2.31. The van der Waals surface area contributed by atoms with Gasteiger partial charge in [0.2, 0.25) is 18.2 Å². The van der Waals surface area contributed by atoms with E-state index in [1.54, 1.807) is 12.3 Å². The van der Waals surface area contributed by atoms with Crippen molar-refractivity contribution in [2.45, 2.75) is 44.6 Å². The summed E-state index contributed by atoms with van der Waals surface area (Å²) in [4.78, 5) is 44.0. The third-order valence-corrected chi connectivity index (χ3v) is 6.87. The van der Waals surface area contributed by atoms with Gasteiger partial charge in [0.25, 0.3) is 0 Å². The van der Waals surface area contributed by atoms with Gasteiger partial charge in [-0.2, -0.15) is 0 Å². The van der Waals surface area contributed by atoms with E-state index in [-0.39, 0.29) is 18.4 Å². The van der Waals surface area contributed by atoms with Crippen LogP contribution in [0.2, 0.25) is 0 Å². The van der Waals surface area contributed by atoms with Crippen LogP contribution in [0.15, 0.2) is 18.3 Å². The smallest absolute Gasteiger partial charge is 0.248 e. The third kappa shape index (κ3) is 6.02. The molecule has 2 atom stereocenters. The van der Waals surface area contributed by atoms with Gasteiger partial charge in [-0.15, -0.1) is 0 Å². The van der Waals surface area contributed by atoms with Crippen LogP contribution < -0.4 is 15.6 Å². The summed E-state index contributed by atoms with van der Waals surface area (Å²) < 4.78 is 5.37. The van der Waals surface area contributed by atoms with E-state index in [1.165, 1.54) is 5.01 Å². The van der Waals surface area contributed by atoms with Crippen molar-refractivity contribution < 1.29 is 24.3 Å². The molecule has 0 aromatic carbocycles. The van der Waals surface area contributed by atoms with Crippen LogP contribution in [0, 0.1) is 11.8 Å². The van der Waals surface area contributed by atoms with E-state index in [2.05, 4.69) is 20.6 Å². The van der Waals surface area contributed by atoms with Gasteiger partial charge in [0.1, 0.15) is 11.9 Å². The molecule has 3 N–H and O–H groups in total. The molecule has 0 radical (unpaired) electrons. The molecule has 1 aromatic heterocycles. The van der Waals surface area contributed by atoms with Crippen molar-refractivity contribution >= 4 is 29.7 Å². The van der Waals surface area contributed by atoms with Crippen molar-refractivity contribution in [2.75, 3.05) is 49.6 Å². The van der Waals surface area contributed by atoms with Crippen LogP contribution in [-0.2, 0) is 19.1 Å². The normalized spacial score (nSPS) is 22.0. The van der Waals surface area contributed by atoms with Crippen LogP contribution in [0.1, 0.15) is 38.5 Å². The van der Waals surface area contributed by atoms with Gasteiger partial charge in [0, 0.05) is 19.6 Å². The summed E-state index contributed by atoms with van der Waals surface area (Å²) in [5, 5.41) is 14.5. The van der Waals surface area contributed by atoms with Crippen LogP contribution in [-0.4, -0.2) is 83.9 Å². The number of hydrogen-bond donors (Lipinski definition) is 3. The molecule has 2 saturated heterocycles. The number of anilines is 2. The summed E-state index contributed by atoms with van der Waals surface area (Å²) in [5.41, 5.74) is 3.58. The molecule has 4 rings (SSSR count). The molecule has 1 aromatic rings. The number of amides is 3. The average molecular weight is 475 g/mol. The first-order chi connectivity index (χ1) is 16.5. The van der Waals surface area contributed by atoms with Gasteiger partial charge in [-0.3, -0.25) is 24.6 Å². The van der Waals surface area contributed by atoms with Gasteiger partial charge in [-0.25, -0.2) is 15.5 Å². The molecule has 3 fully saturated rings. The molecular formula is C23H34N6O5. The van der Waals surface area contributed by atoms with Gasteiger partial charge >= 0.3 is 0 Å². The van der Waals surface area contributed by atoms with Crippen LogP contribution in [0.3, 0.4) is 0 Å². The summed E-state index contributed by atoms with van der Waals surface area (Å²) in [7, 11) is 0. The van der Waals surface area contributed by atoms with Crippen molar-refractivity contribution in [2.24, 2.45) is 11.8 Å². The number of hydrogen-bond acceptors (Lipinski definition) is 8. The fourth-order valence-electron chi connectivity index (χ4n) is 5.07. The second-order valence-electron chi connectivity index (χ2n) is 9.23. The molecule has 11 heteroatoms. The summed E-state index contributed by atoms with van der Waals surface area (Å²) in [6, 6.07) is 2.99. The number of carbonyl (C=O) groups is 3. The Hall–Kier alpha value is -2.76. The van der Waals surface area contributed by atoms with Crippen molar-refractivity contribution in [3.63, 3.8) is 0 Å². The van der Waals surface area contributed by atoms with Gasteiger partial charge < -0.3 is 15.0 Å². The quantitative estimate of drug-likeness (QED) is 0.275. The predicted molar refractivity (Wildman–Crippen MR) is 124 cm³/mol. The minimum atomic E-state index is -0.680. The van der Waals surface area contributed by atoms with E-state index in [0.29, 0.717) is 55.7 Å². The van der Waals surface area contributed by atoms with Gasteiger partial charge in [-0.1, -0.05) is 25.7 Å². The number of aromatic nitrogens is 1. The minimum absolute atomic E-state index is 0.0850. The Morgan fingerprint density at radius 2 is 2.03 bits per heavy atom. The fraction of sp³-hybridized carbons (Fsp3) is 0.652. The fourth-order valence-corrected chi connectivity index (χ4v) is 5.07. The van der Waals surface area contributed by atoms with Crippen molar-refractivity contribution in [3.05, 3.63) is 18.3 Å². The molecule has 34 heavy (non-hydrogen) atoms. The summed E-state index contributed by atoms with van der Waals surface area (Å²) in [6.45, 7) is 3.30. The highest BCUT2D eigenvalue weighted by molar-refractivity contribution is 5.97. The van der Waals surface area contributed by atoms with Crippen LogP contribution in [0.4, 0.5) is 11.5 Å². The van der Waals surface area contributed by atoms with E-state index in [4.69, 9.17) is 4.74 Å². The Labute approximate surface area is 199 Å². The zero-order valence-corrected chi connectivity index (χ0v) is 19.4. The highest BCUT2D eigenvalue weighted by Gasteiger charge is 2.39. The first-order valence-electron chi connectivity index (χ1n) is 12.1. The number of morpholine rings is 1. The number of nitrogens with one attached hydrogen (secondary N) is 2. The molecule has 186 valence electrons. The van der Waals surface area contributed by atoms with Crippen LogP contribution in [0.25, 0.3) is 0 Å². The lowest BCUT2D eigenvalue weighted by atomic mass is 9.92. The molecular weight excluding hydrogens is 440 g/mol. The molecule has 1 saturated carbocycles. The maximum Gasteiger partial charge on any atom is 0.248 e. The summed E-state index contributed by atoms with van der Waals surface area (Å²) in [6.07, 6.45) is 7.34. The number of hydroxylamine groups is 2. The van der Waals surface area contributed by atoms with Crippen LogP contribution in [0.5, 0.6) is 0 Å². The van der Waals surface area contributed by atoms with Crippen LogP contribution >= 0.6 is 0 Å². The Morgan fingerprint density at radius 1 is 1.26 bits per heavy atom. The minimum Gasteiger partial charge on any atom is -0.378 e. The predicted octanol–water partition coefficient (Wildman–Crippen LogP) is 1.01. The first-order valence-corrected chi connectivity index (χ1v) is 12.1. The van der Waals surface area contributed by atoms with E-state index < -0.39 is 12.0 Å². The lowest BCUT2D eigenvalue weighted by Crippen LogP contribution is -2.51. The van der Waals surface area contributed by atoms with Gasteiger partial charge in [-0.05, 0) is 30.9 Å². The van der Waals surface area contributed by atoms with E-state index in [1.807, 2.05) is 6.07 Å². The second kappa shape index (κ2) is 11.6. The molecule has 1 aliphatic carbocycles. The Bertz CT molecular complexity index is 841. The molecule has 0 spiro atoms. The molecule has 3 aliphatic rings. The lowest BCUT2D eigenvalue weighted by molar-refractivity contribution is -0.159. The molecule has 3 heterocycles. The highest BCUT2D eigenvalue weighted by atomic mass is 16.5. The zero-order chi connectivity index (χ0) is 23.9. The number of carbonyl (C=O) groups excluding carboxylic acids is 3. The maximum absolute atomic E-state index is 13.4. The largest absolute Gasteiger partial charge is 0.378 e. The Morgan fingerprint density at radius 3 is 2.71 bits per heavy atom. The zero-order valence-electron chi connectivity index (χ0n) is 19.4. The number of pyridine rings is 1. The SMILES string of the molecule is O=CN(O)C[C@@H](CC1CCCC1)C(=O)N1NCC[C@H]1C(=O)Nc1ccc(N2CCOCC2)nc1. The average Bonchev–Trinajstić information content (AvgIpc) is 3.56.